The number of carbonyl (C=O) groups is 2. The average molecular weight is 300 g/mol. The molecular formula is C10H6ClF4NO3. The lowest BCUT2D eigenvalue weighted by atomic mass is 10.2. The SMILES string of the molecule is O=C(O)c1ccc(NC(=O)C(F)(F)C(F)F)c(Cl)c1. The number of nitrogens with one attached hydrogen (secondary N) is 1. The summed E-state index contributed by atoms with van der Waals surface area (Å²) in [5.74, 6) is -8.42. The van der Waals surface area contributed by atoms with E-state index in [1.807, 2.05) is 0 Å². The van der Waals surface area contributed by atoms with Crippen molar-refractivity contribution in [1.82, 2.24) is 0 Å². The van der Waals surface area contributed by atoms with E-state index in [1.165, 1.54) is 5.32 Å². The predicted molar refractivity (Wildman–Crippen MR) is 58.0 cm³/mol. The van der Waals surface area contributed by atoms with Crippen LogP contribution in [0.1, 0.15) is 10.4 Å². The van der Waals surface area contributed by atoms with Crippen molar-refractivity contribution in [2.24, 2.45) is 0 Å². The Morgan fingerprint density at radius 1 is 1.32 bits per heavy atom. The minimum absolute atomic E-state index is 0.247. The molecule has 104 valence electrons. The van der Waals surface area contributed by atoms with Crippen molar-refractivity contribution >= 4 is 29.2 Å². The molecule has 2 N–H and O–H groups in total. The van der Waals surface area contributed by atoms with Crippen LogP contribution in [0.5, 0.6) is 0 Å². The maximum absolute atomic E-state index is 12.7. The van der Waals surface area contributed by atoms with E-state index in [9.17, 15) is 27.2 Å². The molecule has 0 radical (unpaired) electrons. The molecule has 0 fully saturated rings. The molecule has 0 aliphatic rings. The molecule has 0 saturated carbocycles. The van der Waals surface area contributed by atoms with Crippen LogP contribution in [0.15, 0.2) is 18.2 Å². The zero-order valence-corrected chi connectivity index (χ0v) is 9.72. The topological polar surface area (TPSA) is 66.4 Å². The summed E-state index contributed by atoms with van der Waals surface area (Å²) in [5.41, 5.74) is -0.638. The van der Waals surface area contributed by atoms with Crippen molar-refractivity contribution in [3.63, 3.8) is 0 Å². The summed E-state index contributed by atoms with van der Waals surface area (Å²) in [4.78, 5) is 21.5. The molecule has 1 aromatic rings. The minimum atomic E-state index is -4.87. The summed E-state index contributed by atoms with van der Waals surface area (Å²) in [6.45, 7) is 0. The summed E-state index contributed by atoms with van der Waals surface area (Å²) >= 11 is 5.54. The van der Waals surface area contributed by atoms with Crippen LogP contribution in [-0.2, 0) is 4.79 Å². The quantitative estimate of drug-likeness (QED) is 0.840. The highest BCUT2D eigenvalue weighted by Gasteiger charge is 2.49. The van der Waals surface area contributed by atoms with Gasteiger partial charge in [0.15, 0.2) is 0 Å². The van der Waals surface area contributed by atoms with E-state index in [0.29, 0.717) is 0 Å². The Bertz CT molecular complexity index is 521. The van der Waals surface area contributed by atoms with Crippen LogP contribution in [0.3, 0.4) is 0 Å². The third-order valence-electron chi connectivity index (χ3n) is 2.04. The van der Waals surface area contributed by atoms with E-state index < -0.39 is 29.9 Å². The number of hydrogen-bond donors (Lipinski definition) is 2. The first kappa shape index (κ1) is 15.2. The van der Waals surface area contributed by atoms with Crippen molar-refractivity contribution < 1.29 is 32.3 Å². The van der Waals surface area contributed by atoms with Crippen molar-refractivity contribution in [3.05, 3.63) is 28.8 Å². The lowest BCUT2D eigenvalue weighted by Crippen LogP contribution is -2.41. The molecule has 1 aromatic carbocycles. The highest BCUT2D eigenvalue weighted by Crippen LogP contribution is 2.28. The fourth-order valence-electron chi connectivity index (χ4n) is 1.05. The van der Waals surface area contributed by atoms with Gasteiger partial charge >= 0.3 is 24.2 Å². The molecule has 0 aliphatic heterocycles. The van der Waals surface area contributed by atoms with Gasteiger partial charge in [-0.3, -0.25) is 4.79 Å². The van der Waals surface area contributed by atoms with Crippen LogP contribution in [0.2, 0.25) is 5.02 Å². The number of anilines is 1. The van der Waals surface area contributed by atoms with Crippen molar-refractivity contribution in [2.45, 2.75) is 12.3 Å². The molecule has 0 unspecified atom stereocenters. The van der Waals surface area contributed by atoms with Crippen LogP contribution >= 0.6 is 11.6 Å². The molecule has 0 atom stereocenters. The molecular weight excluding hydrogens is 294 g/mol. The van der Waals surface area contributed by atoms with Crippen molar-refractivity contribution in [2.75, 3.05) is 5.32 Å². The summed E-state index contributed by atoms with van der Waals surface area (Å²) in [7, 11) is 0. The lowest BCUT2D eigenvalue weighted by Gasteiger charge is -2.15. The van der Waals surface area contributed by atoms with Gasteiger partial charge in [0.25, 0.3) is 0 Å². The lowest BCUT2D eigenvalue weighted by molar-refractivity contribution is -0.163. The smallest absolute Gasteiger partial charge is 0.383 e. The van der Waals surface area contributed by atoms with Crippen LogP contribution < -0.4 is 5.32 Å². The van der Waals surface area contributed by atoms with E-state index >= 15 is 0 Å². The van der Waals surface area contributed by atoms with Gasteiger partial charge in [0, 0.05) is 0 Å². The van der Waals surface area contributed by atoms with Gasteiger partial charge in [-0.15, -0.1) is 0 Å². The van der Waals surface area contributed by atoms with Crippen LogP contribution in [0.25, 0.3) is 0 Å². The molecule has 0 bridgehead atoms. The molecule has 0 saturated heterocycles. The first-order valence-electron chi connectivity index (χ1n) is 4.66. The number of carboxylic acids is 1. The molecule has 0 heterocycles. The Morgan fingerprint density at radius 2 is 1.89 bits per heavy atom. The van der Waals surface area contributed by atoms with Crippen LogP contribution in [0, 0.1) is 0 Å². The van der Waals surface area contributed by atoms with Crippen LogP contribution in [0.4, 0.5) is 23.2 Å². The Kier molecular flexibility index (Phi) is 4.35. The number of carboxylic acid groups (broad SMARTS) is 1. The van der Waals surface area contributed by atoms with Gasteiger partial charge in [-0.1, -0.05) is 11.6 Å². The van der Waals surface area contributed by atoms with Gasteiger partial charge in [0.1, 0.15) is 0 Å². The standard InChI is InChI=1S/C10H6ClF4NO3/c11-5-3-4(7(17)18)1-2-6(5)16-9(19)10(14,15)8(12)13/h1-3,8H,(H,16,19)(H,17,18). The van der Waals surface area contributed by atoms with E-state index in [2.05, 4.69) is 0 Å². The number of amides is 1. The number of carbonyl (C=O) groups excluding carboxylic acids is 1. The molecule has 19 heavy (non-hydrogen) atoms. The largest absolute Gasteiger partial charge is 0.478 e. The second-order valence-corrected chi connectivity index (χ2v) is 3.78. The average Bonchev–Trinajstić information content (AvgIpc) is 2.30. The summed E-state index contributed by atoms with van der Waals surface area (Å²) in [6.07, 6.45) is -4.16. The maximum Gasteiger partial charge on any atom is 0.383 e. The second kappa shape index (κ2) is 5.43. The Morgan fingerprint density at radius 3 is 2.32 bits per heavy atom. The summed E-state index contributed by atoms with van der Waals surface area (Å²) in [6, 6.07) is 2.79. The molecule has 9 heteroatoms. The predicted octanol–water partition coefficient (Wildman–Crippen LogP) is 2.88. The first-order valence-corrected chi connectivity index (χ1v) is 5.04. The molecule has 0 aromatic heterocycles. The summed E-state index contributed by atoms with van der Waals surface area (Å²) in [5, 5.41) is 9.76. The highest BCUT2D eigenvalue weighted by atomic mass is 35.5. The Labute approximate surface area is 109 Å². The Hall–Kier alpha value is -1.83. The third-order valence-corrected chi connectivity index (χ3v) is 2.35. The second-order valence-electron chi connectivity index (χ2n) is 3.38. The fraction of sp³-hybridized carbons (Fsp3) is 0.200. The van der Waals surface area contributed by atoms with E-state index in [4.69, 9.17) is 16.7 Å². The van der Waals surface area contributed by atoms with Crippen molar-refractivity contribution in [1.29, 1.82) is 0 Å². The summed E-state index contributed by atoms with van der Waals surface area (Å²) < 4.78 is 49.2. The Balaban J connectivity index is 2.95. The molecule has 0 aliphatic carbocycles. The number of aromatic carboxylic acids is 1. The normalized spacial score (nSPS) is 11.5. The molecule has 1 rings (SSSR count). The number of halogens is 5. The zero-order valence-electron chi connectivity index (χ0n) is 8.96. The van der Waals surface area contributed by atoms with Gasteiger partial charge in [-0.05, 0) is 18.2 Å². The fourth-order valence-corrected chi connectivity index (χ4v) is 1.28. The maximum atomic E-state index is 12.7. The number of rotatable bonds is 4. The van der Waals surface area contributed by atoms with Gasteiger partial charge in [-0.25, -0.2) is 13.6 Å². The van der Waals surface area contributed by atoms with Gasteiger partial charge in [-0.2, -0.15) is 8.78 Å². The van der Waals surface area contributed by atoms with Crippen LogP contribution in [-0.4, -0.2) is 29.3 Å². The monoisotopic (exact) mass is 299 g/mol. The number of alkyl halides is 4. The van der Waals surface area contributed by atoms with E-state index in [0.717, 1.165) is 18.2 Å². The van der Waals surface area contributed by atoms with E-state index in [-0.39, 0.29) is 10.6 Å². The molecule has 4 nitrogen and oxygen atoms in total. The van der Waals surface area contributed by atoms with Gasteiger partial charge in [0.05, 0.1) is 16.3 Å². The van der Waals surface area contributed by atoms with Gasteiger partial charge < -0.3 is 10.4 Å². The number of benzene rings is 1. The van der Waals surface area contributed by atoms with Gasteiger partial charge in [0.2, 0.25) is 0 Å². The zero-order chi connectivity index (χ0) is 14.8. The first-order chi connectivity index (χ1) is 8.66. The third kappa shape index (κ3) is 3.34. The molecule has 1 amide bonds. The number of hydrogen-bond acceptors (Lipinski definition) is 2. The molecule has 0 spiro atoms. The van der Waals surface area contributed by atoms with E-state index in [1.54, 1.807) is 0 Å². The minimum Gasteiger partial charge on any atom is -0.478 e. The highest BCUT2D eigenvalue weighted by molar-refractivity contribution is 6.34. The van der Waals surface area contributed by atoms with Crippen molar-refractivity contribution in [3.8, 4) is 0 Å².